The third-order valence-corrected chi connectivity index (χ3v) is 4.27. The van der Waals surface area contributed by atoms with Crippen molar-refractivity contribution in [3.05, 3.63) is 63.1 Å². The number of esters is 1. The van der Waals surface area contributed by atoms with Gasteiger partial charge in [-0.3, -0.25) is 4.79 Å². The van der Waals surface area contributed by atoms with Gasteiger partial charge in [0, 0.05) is 16.7 Å². The topological polar surface area (TPSA) is 64.6 Å². The maximum Gasteiger partial charge on any atom is 0.331 e. The Hall–Kier alpha value is -2.21. The van der Waals surface area contributed by atoms with Gasteiger partial charge in [0.05, 0.1) is 22.8 Å². The second-order valence-electron chi connectivity index (χ2n) is 5.39. The number of hydrogen-bond acceptors (Lipinski definition) is 4. The van der Waals surface area contributed by atoms with Crippen LogP contribution in [0.15, 0.2) is 42.5 Å². The smallest absolute Gasteiger partial charge is 0.331 e. The zero-order valence-corrected chi connectivity index (χ0v) is 16.7. The van der Waals surface area contributed by atoms with Gasteiger partial charge in [0.15, 0.2) is 6.10 Å². The van der Waals surface area contributed by atoms with E-state index in [-0.39, 0.29) is 15.7 Å². The molecule has 5 nitrogen and oxygen atoms in total. The molecule has 2 aromatic carbocycles. The first-order valence-corrected chi connectivity index (χ1v) is 8.92. The molecule has 0 aromatic heterocycles. The number of carbonyl (C=O) groups is 2. The van der Waals surface area contributed by atoms with Crippen LogP contribution in [-0.4, -0.2) is 25.1 Å². The van der Waals surface area contributed by atoms with E-state index < -0.39 is 18.0 Å². The van der Waals surface area contributed by atoms with Crippen LogP contribution in [0.4, 0.5) is 5.69 Å². The first-order chi connectivity index (χ1) is 12.8. The molecule has 8 heteroatoms. The molecule has 0 aliphatic carbocycles. The summed E-state index contributed by atoms with van der Waals surface area (Å²) in [5.74, 6) is -0.656. The minimum absolute atomic E-state index is 0.176. The highest BCUT2D eigenvalue weighted by Crippen LogP contribution is 2.33. The number of amides is 1. The zero-order valence-electron chi connectivity index (χ0n) is 14.5. The third-order valence-electron chi connectivity index (χ3n) is 3.46. The molecule has 2 rings (SSSR count). The highest BCUT2D eigenvalue weighted by molar-refractivity contribution is 6.42. The van der Waals surface area contributed by atoms with Gasteiger partial charge in [-0.2, -0.15) is 0 Å². The summed E-state index contributed by atoms with van der Waals surface area (Å²) < 4.78 is 10.3. The van der Waals surface area contributed by atoms with Crippen molar-refractivity contribution >= 4 is 58.4 Å². The number of benzene rings is 2. The maximum absolute atomic E-state index is 12.2. The van der Waals surface area contributed by atoms with E-state index in [1.807, 2.05) is 12.1 Å². The average Bonchev–Trinajstić information content (AvgIpc) is 2.62. The molecule has 0 bridgehead atoms. The molecule has 0 heterocycles. The molecule has 1 unspecified atom stereocenters. The summed E-state index contributed by atoms with van der Waals surface area (Å²) in [7, 11) is 1.53. The number of hydrogen-bond donors (Lipinski definition) is 1. The molecule has 0 saturated carbocycles. The number of methoxy groups -OCH3 is 1. The standard InChI is InChI=1S/C19H16Cl3NO4/c1-11(19(25)23-18-14(21)9-13(20)10-15(18)22)27-17(24)8-7-12-5-3-4-6-16(12)26-2/h3-11H,1-2H3,(H,23,25)/b8-7+. The molecular weight excluding hydrogens is 413 g/mol. The Morgan fingerprint density at radius 3 is 2.37 bits per heavy atom. The van der Waals surface area contributed by atoms with Crippen LogP contribution < -0.4 is 10.1 Å². The number of ether oxygens (including phenoxy) is 2. The van der Waals surface area contributed by atoms with Crippen LogP contribution in [0.25, 0.3) is 6.08 Å². The lowest BCUT2D eigenvalue weighted by atomic mass is 10.2. The van der Waals surface area contributed by atoms with Crippen LogP contribution in [0.1, 0.15) is 12.5 Å². The average molecular weight is 429 g/mol. The molecule has 2 aromatic rings. The lowest BCUT2D eigenvalue weighted by Gasteiger charge is -2.14. The summed E-state index contributed by atoms with van der Waals surface area (Å²) >= 11 is 17.9. The number of anilines is 1. The van der Waals surface area contributed by atoms with Gasteiger partial charge in [-0.1, -0.05) is 53.0 Å². The number of para-hydroxylation sites is 1. The van der Waals surface area contributed by atoms with E-state index in [4.69, 9.17) is 44.3 Å². The molecule has 0 fully saturated rings. The molecule has 142 valence electrons. The summed E-state index contributed by atoms with van der Waals surface area (Å²) in [6.07, 6.45) is 1.69. The summed E-state index contributed by atoms with van der Waals surface area (Å²) in [6.45, 7) is 1.43. The van der Waals surface area contributed by atoms with E-state index in [9.17, 15) is 9.59 Å². The minimum Gasteiger partial charge on any atom is -0.496 e. The van der Waals surface area contributed by atoms with Gasteiger partial charge < -0.3 is 14.8 Å². The lowest BCUT2D eigenvalue weighted by molar-refractivity contribution is -0.148. The van der Waals surface area contributed by atoms with Gasteiger partial charge in [0.2, 0.25) is 0 Å². The summed E-state index contributed by atoms with van der Waals surface area (Å²) in [5, 5.41) is 3.21. The first kappa shape index (κ1) is 21.1. The monoisotopic (exact) mass is 427 g/mol. The Labute approximate surface area is 171 Å². The highest BCUT2D eigenvalue weighted by Gasteiger charge is 2.19. The fourth-order valence-electron chi connectivity index (χ4n) is 2.12. The number of halogens is 3. The summed E-state index contributed by atoms with van der Waals surface area (Å²) in [5.41, 5.74) is 0.897. The quantitative estimate of drug-likeness (QED) is 0.505. The van der Waals surface area contributed by atoms with Gasteiger partial charge in [0.25, 0.3) is 5.91 Å². The summed E-state index contributed by atoms with van der Waals surface area (Å²) in [4.78, 5) is 24.2. The van der Waals surface area contributed by atoms with Gasteiger partial charge >= 0.3 is 5.97 Å². The normalized spacial score (nSPS) is 11.9. The van der Waals surface area contributed by atoms with E-state index in [2.05, 4.69) is 5.32 Å². The fraction of sp³-hybridized carbons (Fsp3) is 0.158. The zero-order chi connectivity index (χ0) is 20.0. The predicted molar refractivity (Wildman–Crippen MR) is 108 cm³/mol. The minimum atomic E-state index is -1.07. The molecule has 1 amide bonds. The predicted octanol–water partition coefficient (Wildman–Crippen LogP) is 5.24. The molecule has 0 spiro atoms. The SMILES string of the molecule is COc1ccccc1/C=C/C(=O)OC(C)C(=O)Nc1c(Cl)cc(Cl)cc1Cl. The van der Waals surface area contributed by atoms with Crippen LogP contribution >= 0.6 is 34.8 Å². The first-order valence-electron chi connectivity index (χ1n) is 7.79. The molecule has 0 aliphatic heterocycles. The molecule has 1 atom stereocenters. The van der Waals surface area contributed by atoms with E-state index in [1.165, 1.54) is 32.2 Å². The molecule has 0 radical (unpaired) electrons. The Bertz CT molecular complexity index is 860. The van der Waals surface area contributed by atoms with Crippen LogP contribution in [0.5, 0.6) is 5.75 Å². The molecule has 0 saturated heterocycles. The van der Waals surface area contributed by atoms with Crippen LogP contribution in [0.3, 0.4) is 0 Å². The Balaban J connectivity index is 2.00. The van der Waals surface area contributed by atoms with Gasteiger partial charge in [-0.25, -0.2) is 4.79 Å². The maximum atomic E-state index is 12.2. The number of carbonyl (C=O) groups excluding carboxylic acids is 2. The van der Waals surface area contributed by atoms with E-state index in [1.54, 1.807) is 18.2 Å². The highest BCUT2D eigenvalue weighted by atomic mass is 35.5. The van der Waals surface area contributed by atoms with Crippen LogP contribution in [0.2, 0.25) is 15.1 Å². The van der Waals surface area contributed by atoms with Crippen molar-refractivity contribution in [2.45, 2.75) is 13.0 Å². The van der Waals surface area contributed by atoms with Crippen molar-refractivity contribution in [2.24, 2.45) is 0 Å². The van der Waals surface area contributed by atoms with Gasteiger partial charge in [0.1, 0.15) is 5.75 Å². The molecule has 0 aliphatic rings. The van der Waals surface area contributed by atoms with Crippen molar-refractivity contribution in [2.75, 3.05) is 12.4 Å². The van der Waals surface area contributed by atoms with Crippen molar-refractivity contribution in [3.63, 3.8) is 0 Å². The van der Waals surface area contributed by atoms with Gasteiger partial charge in [-0.15, -0.1) is 0 Å². The summed E-state index contributed by atoms with van der Waals surface area (Å²) in [6, 6.07) is 10.1. The molecule has 1 N–H and O–H groups in total. The van der Waals surface area contributed by atoms with Crippen molar-refractivity contribution in [1.29, 1.82) is 0 Å². The van der Waals surface area contributed by atoms with Crippen LogP contribution in [0, 0.1) is 0 Å². The largest absolute Gasteiger partial charge is 0.496 e. The molecular formula is C19H16Cl3NO4. The second-order valence-corrected chi connectivity index (χ2v) is 6.64. The Kier molecular flexibility index (Phi) is 7.54. The van der Waals surface area contributed by atoms with E-state index in [0.717, 1.165) is 0 Å². The second kappa shape index (κ2) is 9.65. The van der Waals surface area contributed by atoms with Crippen molar-refractivity contribution in [3.8, 4) is 5.75 Å². The van der Waals surface area contributed by atoms with Crippen molar-refractivity contribution in [1.82, 2.24) is 0 Å². The van der Waals surface area contributed by atoms with Gasteiger partial charge in [-0.05, 0) is 31.2 Å². The lowest BCUT2D eigenvalue weighted by Crippen LogP contribution is -2.29. The van der Waals surface area contributed by atoms with E-state index in [0.29, 0.717) is 16.3 Å². The Morgan fingerprint density at radius 2 is 1.74 bits per heavy atom. The number of nitrogens with one attached hydrogen (secondary N) is 1. The fourth-order valence-corrected chi connectivity index (χ4v) is 3.03. The van der Waals surface area contributed by atoms with E-state index >= 15 is 0 Å². The Morgan fingerprint density at radius 1 is 1.11 bits per heavy atom. The third kappa shape index (κ3) is 5.89. The van der Waals surface area contributed by atoms with Crippen molar-refractivity contribution < 1.29 is 19.1 Å². The van der Waals surface area contributed by atoms with Crippen LogP contribution in [-0.2, 0) is 14.3 Å². The number of rotatable bonds is 6. The molecule has 27 heavy (non-hydrogen) atoms.